The van der Waals surface area contributed by atoms with Crippen LogP contribution in [0.15, 0.2) is 4.99 Å². The van der Waals surface area contributed by atoms with Gasteiger partial charge < -0.3 is 25.0 Å². The van der Waals surface area contributed by atoms with E-state index >= 15 is 0 Å². The van der Waals surface area contributed by atoms with Gasteiger partial charge in [-0.15, -0.1) is 24.0 Å². The van der Waals surface area contributed by atoms with Crippen LogP contribution in [-0.4, -0.2) is 77.6 Å². The summed E-state index contributed by atoms with van der Waals surface area (Å²) in [6.45, 7) is 11.4. The van der Waals surface area contributed by atoms with Crippen molar-refractivity contribution in [3.05, 3.63) is 0 Å². The molecule has 0 atom stereocenters. The van der Waals surface area contributed by atoms with Gasteiger partial charge in [0.1, 0.15) is 0 Å². The molecule has 7 heteroatoms. The van der Waals surface area contributed by atoms with Gasteiger partial charge in [-0.05, 0) is 19.5 Å². The molecule has 21 heavy (non-hydrogen) atoms. The molecule has 0 aromatic heterocycles. The number of aliphatic imine (C=N–C) groups is 1. The summed E-state index contributed by atoms with van der Waals surface area (Å²) in [6, 6.07) is 0. The van der Waals surface area contributed by atoms with E-state index < -0.39 is 0 Å². The third-order valence-corrected chi connectivity index (χ3v) is 3.03. The molecule has 128 valence electrons. The summed E-state index contributed by atoms with van der Waals surface area (Å²) in [4.78, 5) is 6.58. The molecule has 0 radical (unpaired) electrons. The summed E-state index contributed by atoms with van der Waals surface area (Å²) < 4.78 is 10.3. The van der Waals surface area contributed by atoms with Gasteiger partial charge in [0.05, 0.1) is 13.2 Å². The first-order chi connectivity index (χ1) is 9.78. The Kier molecular flexibility index (Phi) is 19.8. The lowest BCUT2D eigenvalue weighted by Crippen LogP contribution is -2.42. The second-order valence-electron chi connectivity index (χ2n) is 4.41. The fraction of sp³-hybridized carbons (Fsp3) is 0.929. The molecule has 2 N–H and O–H groups in total. The van der Waals surface area contributed by atoms with Crippen molar-refractivity contribution >= 4 is 29.9 Å². The Morgan fingerprint density at radius 2 is 1.71 bits per heavy atom. The molecular weight excluding hydrogens is 383 g/mol. The molecule has 0 spiro atoms. The Labute approximate surface area is 147 Å². The van der Waals surface area contributed by atoms with Crippen molar-refractivity contribution in [3.8, 4) is 0 Å². The molecule has 0 rings (SSSR count). The zero-order valence-electron chi connectivity index (χ0n) is 14.0. The Hall–Kier alpha value is -0.120. The highest BCUT2D eigenvalue weighted by Gasteiger charge is 2.00. The number of guanidine groups is 1. The molecule has 0 aromatic carbocycles. The van der Waals surface area contributed by atoms with Gasteiger partial charge in [0.25, 0.3) is 0 Å². The van der Waals surface area contributed by atoms with Crippen molar-refractivity contribution in [3.63, 3.8) is 0 Å². The average molecular weight is 416 g/mol. The number of rotatable bonds is 12. The van der Waals surface area contributed by atoms with Gasteiger partial charge in [0, 0.05) is 40.4 Å². The normalized spacial score (nSPS) is 11.4. The van der Waals surface area contributed by atoms with Crippen LogP contribution in [-0.2, 0) is 9.47 Å². The predicted octanol–water partition coefficient (Wildman–Crippen LogP) is 1.16. The Morgan fingerprint density at radius 3 is 2.29 bits per heavy atom. The van der Waals surface area contributed by atoms with E-state index in [0.29, 0.717) is 13.2 Å². The van der Waals surface area contributed by atoms with Crippen molar-refractivity contribution in [2.75, 3.05) is 66.7 Å². The molecule has 6 nitrogen and oxygen atoms in total. The van der Waals surface area contributed by atoms with Crippen LogP contribution in [0.5, 0.6) is 0 Å². The second-order valence-corrected chi connectivity index (χ2v) is 4.41. The molecule has 0 amide bonds. The lowest BCUT2D eigenvalue weighted by atomic mass is 10.4. The number of ether oxygens (including phenoxy) is 2. The van der Waals surface area contributed by atoms with E-state index in [2.05, 4.69) is 34.4 Å². The van der Waals surface area contributed by atoms with E-state index in [1.165, 1.54) is 0 Å². The minimum atomic E-state index is 0. The lowest BCUT2D eigenvalue weighted by molar-refractivity contribution is 0.0698. The maximum Gasteiger partial charge on any atom is 0.191 e. The monoisotopic (exact) mass is 416 g/mol. The number of nitrogens with one attached hydrogen (secondary N) is 2. The van der Waals surface area contributed by atoms with Crippen molar-refractivity contribution in [1.29, 1.82) is 0 Å². The molecule has 0 saturated heterocycles. The van der Waals surface area contributed by atoms with Gasteiger partial charge in [0.15, 0.2) is 5.96 Å². The summed E-state index contributed by atoms with van der Waals surface area (Å²) in [5, 5.41) is 6.60. The standard InChI is InChI=1S/C14H32N4O2.HI/c1-5-18(6-2)10-9-17-14(15-3)16-8-7-11-20-13-12-19-4;/h5-13H2,1-4H3,(H2,15,16,17);1H. The minimum Gasteiger partial charge on any atom is -0.382 e. The van der Waals surface area contributed by atoms with Crippen molar-refractivity contribution in [1.82, 2.24) is 15.5 Å². The molecule has 0 aliphatic rings. The van der Waals surface area contributed by atoms with Crippen LogP contribution in [0.25, 0.3) is 0 Å². The first-order valence-corrected chi connectivity index (χ1v) is 7.52. The Morgan fingerprint density at radius 1 is 1.05 bits per heavy atom. The van der Waals surface area contributed by atoms with Crippen LogP contribution in [0.4, 0.5) is 0 Å². The summed E-state index contributed by atoms with van der Waals surface area (Å²) in [5.74, 6) is 0.856. The SMILES string of the molecule is CCN(CC)CCNC(=NC)NCCCOCCOC.I. The predicted molar refractivity (Wildman–Crippen MR) is 99.9 cm³/mol. The van der Waals surface area contributed by atoms with E-state index in [4.69, 9.17) is 9.47 Å². The summed E-state index contributed by atoms with van der Waals surface area (Å²) >= 11 is 0. The highest BCUT2D eigenvalue weighted by Crippen LogP contribution is 1.85. The molecule has 0 bridgehead atoms. The van der Waals surface area contributed by atoms with Crippen molar-refractivity contribution in [2.45, 2.75) is 20.3 Å². The van der Waals surface area contributed by atoms with Crippen LogP contribution >= 0.6 is 24.0 Å². The van der Waals surface area contributed by atoms with E-state index in [9.17, 15) is 0 Å². The molecule has 0 unspecified atom stereocenters. The Bertz CT molecular complexity index is 239. The third-order valence-electron chi connectivity index (χ3n) is 3.03. The number of halogens is 1. The molecule has 0 aromatic rings. The topological polar surface area (TPSA) is 58.1 Å². The van der Waals surface area contributed by atoms with Gasteiger partial charge in [-0.25, -0.2) is 0 Å². The van der Waals surface area contributed by atoms with Gasteiger partial charge in [0.2, 0.25) is 0 Å². The van der Waals surface area contributed by atoms with Crippen LogP contribution in [0, 0.1) is 0 Å². The van der Waals surface area contributed by atoms with Crippen LogP contribution in [0.2, 0.25) is 0 Å². The molecule has 0 aliphatic heterocycles. The summed E-state index contributed by atoms with van der Waals surface area (Å²) in [7, 11) is 3.47. The zero-order valence-corrected chi connectivity index (χ0v) is 16.3. The summed E-state index contributed by atoms with van der Waals surface area (Å²) in [6.07, 6.45) is 0.959. The Balaban J connectivity index is 0. The highest BCUT2D eigenvalue weighted by atomic mass is 127. The fourth-order valence-electron chi connectivity index (χ4n) is 1.72. The largest absolute Gasteiger partial charge is 0.382 e. The van der Waals surface area contributed by atoms with E-state index in [-0.39, 0.29) is 24.0 Å². The maximum absolute atomic E-state index is 5.40. The smallest absolute Gasteiger partial charge is 0.191 e. The van der Waals surface area contributed by atoms with Gasteiger partial charge in [-0.3, -0.25) is 4.99 Å². The molecule has 0 saturated carbocycles. The van der Waals surface area contributed by atoms with E-state index in [1.54, 1.807) is 14.2 Å². The van der Waals surface area contributed by atoms with E-state index in [0.717, 1.165) is 51.7 Å². The summed E-state index contributed by atoms with van der Waals surface area (Å²) in [5.41, 5.74) is 0. The molecule has 0 aliphatic carbocycles. The zero-order chi connectivity index (χ0) is 15.1. The number of likely N-dealkylation sites (N-methyl/N-ethyl adjacent to an activating group) is 1. The second kappa shape index (κ2) is 17.9. The third kappa shape index (κ3) is 14.6. The first kappa shape index (κ1) is 23.2. The van der Waals surface area contributed by atoms with Gasteiger partial charge >= 0.3 is 0 Å². The van der Waals surface area contributed by atoms with Crippen molar-refractivity contribution in [2.24, 2.45) is 4.99 Å². The van der Waals surface area contributed by atoms with Crippen LogP contribution in [0.1, 0.15) is 20.3 Å². The number of nitrogens with zero attached hydrogens (tertiary/aromatic N) is 2. The molecule has 0 heterocycles. The van der Waals surface area contributed by atoms with Crippen LogP contribution < -0.4 is 10.6 Å². The van der Waals surface area contributed by atoms with E-state index in [1.807, 2.05) is 0 Å². The van der Waals surface area contributed by atoms with Crippen LogP contribution in [0.3, 0.4) is 0 Å². The maximum atomic E-state index is 5.40. The fourth-order valence-corrected chi connectivity index (χ4v) is 1.72. The average Bonchev–Trinajstić information content (AvgIpc) is 2.48. The quantitative estimate of drug-likeness (QED) is 0.217. The van der Waals surface area contributed by atoms with Gasteiger partial charge in [-0.2, -0.15) is 0 Å². The van der Waals surface area contributed by atoms with Gasteiger partial charge in [-0.1, -0.05) is 13.8 Å². The number of methoxy groups -OCH3 is 1. The first-order valence-electron chi connectivity index (χ1n) is 7.52. The molecular formula is C14H33IN4O2. The molecule has 0 fully saturated rings. The lowest BCUT2D eigenvalue weighted by Gasteiger charge is -2.19. The number of hydrogen-bond donors (Lipinski definition) is 2. The van der Waals surface area contributed by atoms with Crippen molar-refractivity contribution < 1.29 is 9.47 Å². The number of hydrogen-bond acceptors (Lipinski definition) is 4. The minimum absolute atomic E-state index is 0. The highest BCUT2D eigenvalue weighted by molar-refractivity contribution is 14.0.